The number of benzene rings is 1. The molecule has 0 aromatic heterocycles. The van der Waals surface area contributed by atoms with Crippen molar-refractivity contribution in [2.75, 3.05) is 19.6 Å². The highest BCUT2D eigenvalue weighted by Crippen LogP contribution is 2.12. The van der Waals surface area contributed by atoms with Gasteiger partial charge in [-0.05, 0) is 50.6 Å². The minimum absolute atomic E-state index is 0.0231. The van der Waals surface area contributed by atoms with Crippen LogP contribution in [0.25, 0.3) is 0 Å². The predicted octanol–water partition coefficient (Wildman–Crippen LogP) is 3.19. The minimum atomic E-state index is 0.0231. The second kappa shape index (κ2) is 7.79. The zero-order chi connectivity index (χ0) is 14.4. The van der Waals surface area contributed by atoms with Crippen LogP contribution in [0.3, 0.4) is 0 Å². The van der Waals surface area contributed by atoms with E-state index in [1.165, 1.54) is 24.8 Å². The van der Waals surface area contributed by atoms with Crippen molar-refractivity contribution >= 4 is 21.8 Å². The van der Waals surface area contributed by atoms with E-state index in [0.29, 0.717) is 6.04 Å². The molecule has 1 unspecified atom stereocenters. The number of nitrogens with one attached hydrogen (secondary N) is 1. The molecule has 0 bridgehead atoms. The number of alkyl halides is 1. The Labute approximate surface area is 129 Å². The van der Waals surface area contributed by atoms with Gasteiger partial charge >= 0.3 is 0 Å². The Kier molecular flexibility index (Phi) is 6.05. The van der Waals surface area contributed by atoms with Crippen LogP contribution in [0.5, 0.6) is 0 Å². The van der Waals surface area contributed by atoms with Crippen LogP contribution in [0.15, 0.2) is 24.3 Å². The first kappa shape index (κ1) is 15.5. The number of likely N-dealkylation sites (tertiary alicyclic amines) is 1. The zero-order valence-electron chi connectivity index (χ0n) is 12.1. The number of nitrogens with zero attached hydrogens (tertiary/aromatic N) is 1. The predicted molar refractivity (Wildman–Crippen MR) is 86.3 cm³/mol. The molecule has 0 aliphatic carbocycles. The second-order valence-corrected chi connectivity index (χ2v) is 6.05. The topological polar surface area (TPSA) is 32.3 Å². The molecule has 1 amide bonds. The van der Waals surface area contributed by atoms with E-state index < -0.39 is 0 Å². The fourth-order valence-corrected chi connectivity index (χ4v) is 2.95. The van der Waals surface area contributed by atoms with Gasteiger partial charge in [0.05, 0.1) is 0 Å². The highest BCUT2D eigenvalue weighted by atomic mass is 79.9. The lowest BCUT2D eigenvalue weighted by Crippen LogP contribution is -2.44. The Bertz CT molecular complexity index is 427. The van der Waals surface area contributed by atoms with Crippen LogP contribution in [-0.4, -0.2) is 36.5 Å². The second-order valence-electron chi connectivity index (χ2n) is 5.49. The number of rotatable bonds is 5. The fourth-order valence-electron chi connectivity index (χ4n) is 2.58. The van der Waals surface area contributed by atoms with Crippen LogP contribution in [-0.2, 0) is 5.33 Å². The first-order valence-corrected chi connectivity index (χ1v) is 8.50. The Morgan fingerprint density at radius 2 is 1.90 bits per heavy atom. The maximum absolute atomic E-state index is 12.1. The number of amides is 1. The minimum Gasteiger partial charge on any atom is -0.350 e. The average Bonchev–Trinajstić information content (AvgIpc) is 2.53. The van der Waals surface area contributed by atoms with Gasteiger partial charge in [0.15, 0.2) is 0 Å². The van der Waals surface area contributed by atoms with E-state index in [0.717, 1.165) is 30.5 Å². The summed E-state index contributed by atoms with van der Waals surface area (Å²) in [5.41, 5.74) is 1.92. The Morgan fingerprint density at radius 1 is 1.25 bits per heavy atom. The number of carbonyl (C=O) groups is 1. The smallest absolute Gasteiger partial charge is 0.251 e. The summed E-state index contributed by atoms with van der Waals surface area (Å²) in [6.07, 6.45) is 3.91. The molecule has 1 saturated heterocycles. The molecule has 1 aromatic rings. The molecule has 1 aliphatic heterocycles. The summed E-state index contributed by atoms with van der Waals surface area (Å²) in [6, 6.07) is 8.16. The van der Waals surface area contributed by atoms with Gasteiger partial charge in [0.2, 0.25) is 0 Å². The van der Waals surface area contributed by atoms with E-state index >= 15 is 0 Å². The van der Waals surface area contributed by atoms with Crippen molar-refractivity contribution in [2.24, 2.45) is 0 Å². The highest BCUT2D eigenvalue weighted by Gasteiger charge is 2.17. The summed E-state index contributed by atoms with van der Waals surface area (Å²) in [5, 5.41) is 3.86. The molecule has 1 aromatic carbocycles. The van der Waals surface area contributed by atoms with Gasteiger partial charge in [-0.1, -0.05) is 34.5 Å². The summed E-state index contributed by atoms with van der Waals surface area (Å²) in [4.78, 5) is 14.6. The quantitative estimate of drug-likeness (QED) is 0.836. The normalized spacial score (nSPS) is 17.7. The number of hydrogen-bond acceptors (Lipinski definition) is 2. The molecule has 0 spiro atoms. The van der Waals surface area contributed by atoms with Crippen LogP contribution < -0.4 is 5.32 Å². The largest absolute Gasteiger partial charge is 0.350 e. The zero-order valence-corrected chi connectivity index (χ0v) is 13.7. The third-order valence-electron chi connectivity index (χ3n) is 3.94. The average molecular weight is 339 g/mol. The molecule has 2 rings (SSSR count). The van der Waals surface area contributed by atoms with E-state index in [1.54, 1.807) is 0 Å². The molecule has 20 heavy (non-hydrogen) atoms. The van der Waals surface area contributed by atoms with Crippen LogP contribution in [0, 0.1) is 0 Å². The summed E-state index contributed by atoms with van der Waals surface area (Å²) < 4.78 is 0. The van der Waals surface area contributed by atoms with Gasteiger partial charge in [0, 0.05) is 23.5 Å². The number of hydrogen-bond donors (Lipinski definition) is 1. The Balaban J connectivity index is 1.81. The monoisotopic (exact) mass is 338 g/mol. The lowest BCUT2D eigenvalue weighted by Gasteiger charge is -2.32. The molecule has 4 heteroatoms. The van der Waals surface area contributed by atoms with Crippen molar-refractivity contribution in [3.63, 3.8) is 0 Å². The van der Waals surface area contributed by atoms with Gasteiger partial charge in [0.25, 0.3) is 5.91 Å². The molecule has 0 saturated carbocycles. The van der Waals surface area contributed by atoms with Gasteiger partial charge in [0.1, 0.15) is 0 Å². The summed E-state index contributed by atoms with van der Waals surface area (Å²) in [5.74, 6) is 0.0231. The number of halogens is 1. The van der Waals surface area contributed by atoms with Crippen molar-refractivity contribution < 1.29 is 4.79 Å². The third-order valence-corrected chi connectivity index (χ3v) is 4.59. The highest BCUT2D eigenvalue weighted by molar-refractivity contribution is 9.08. The van der Waals surface area contributed by atoms with Gasteiger partial charge in [-0.25, -0.2) is 0 Å². The van der Waals surface area contributed by atoms with Crippen molar-refractivity contribution in [2.45, 2.75) is 37.6 Å². The van der Waals surface area contributed by atoms with E-state index in [9.17, 15) is 4.79 Å². The van der Waals surface area contributed by atoms with Gasteiger partial charge in [-0.3, -0.25) is 9.69 Å². The van der Waals surface area contributed by atoms with Crippen LogP contribution in [0.4, 0.5) is 0 Å². The SMILES string of the molecule is CC(CNC(=O)c1ccc(CBr)cc1)N1CCCCC1. The molecular formula is C16H23BrN2O. The Morgan fingerprint density at radius 3 is 2.50 bits per heavy atom. The fraction of sp³-hybridized carbons (Fsp3) is 0.562. The van der Waals surface area contributed by atoms with Gasteiger partial charge < -0.3 is 5.32 Å². The van der Waals surface area contributed by atoms with E-state index in [4.69, 9.17) is 0 Å². The molecule has 1 heterocycles. The van der Waals surface area contributed by atoms with Gasteiger partial charge in [-0.2, -0.15) is 0 Å². The van der Waals surface area contributed by atoms with Crippen molar-refractivity contribution in [3.8, 4) is 0 Å². The maximum atomic E-state index is 12.1. The maximum Gasteiger partial charge on any atom is 0.251 e. The lowest BCUT2D eigenvalue weighted by atomic mass is 10.1. The standard InChI is InChI=1S/C16H23BrN2O/c1-13(19-9-3-2-4-10-19)12-18-16(20)15-7-5-14(11-17)6-8-15/h5-8,13H,2-4,9-12H2,1H3,(H,18,20). The number of carbonyl (C=O) groups excluding carboxylic acids is 1. The molecule has 110 valence electrons. The van der Waals surface area contributed by atoms with E-state index in [1.807, 2.05) is 24.3 Å². The van der Waals surface area contributed by atoms with E-state index in [-0.39, 0.29) is 5.91 Å². The first-order chi connectivity index (χ1) is 9.70. The lowest BCUT2D eigenvalue weighted by molar-refractivity contribution is 0.0930. The van der Waals surface area contributed by atoms with Crippen molar-refractivity contribution in [1.29, 1.82) is 0 Å². The van der Waals surface area contributed by atoms with Gasteiger partial charge in [-0.15, -0.1) is 0 Å². The molecule has 1 fully saturated rings. The molecule has 1 N–H and O–H groups in total. The molecular weight excluding hydrogens is 316 g/mol. The Hall–Kier alpha value is -0.870. The first-order valence-electron chi connectivity index (χ1n) is 7.38. The third kappa shape index (κ3) is 4.32. The summed E-state index contributed by atoms with van der Waals surface area (Å²) in [6.45, 7) is 5.24. The van der Waals surface area contributed by atoms with E-state index in [2.05, 4.69) is 33.1 Å². The molecule has 1 atom stereocenters. The molecule has 1 aliphatic rings. The van der Waals surface area contributed by atoms with Crippen LogP contribution >= 0.6 is 15.9 Å². The van der Waals surface area contributed by atoms with Crippen molar-refractivity contribution in [1.82, 2.24) is 10.2 Å². The molecule has 3 nitrogen and oxygen atoms in total. The molecule has 0 radical (unpaired) electrons. The summed E-state index contributed by atoms with van der Waals surface area (Å²) in [7, 11) is 0. The van der Waals surface area contributed by atoms with Crippen LogP contribution in [0.2, 0.25) is 0 Å². The van der Waals surface area contributed by atoms with Crippen LogP contribution in [0.1, 0.15) is 42.1 Å². The summed E-state index contributed by atoms with van der Waals surface area (Å²) >= 11 is 3.41. The number of piperidine rings is 1. The van der Waals surface area contributed by atoms with Crippen molar-refractivity contribution in [3.05, 3.63) is 35.4 Å².